The number of halogens is 4. The van der Waals surface area contributed by atoms with E-state index in [0.717, 1.165) is 11.3 Å². The number of nitrogens with one attached hydrogen (secondary N) is 1. The Labute approximate surface area is 153 Å². The third-order valence-corrected chi connectivity index (χ3v) is 6.40. The predicted octanol–water partition coefficient (Wildman–Crippen LogP) is 5.10. The van der Waals surface area contributed by atoms with E-state index in [1.54, 1.807) is 37.3 Å². The number of rotatable bonds is 4. The van der Waals surface area contributed by atoms with Gasteiger partial charge < -0.3 is 0 Å². The summed E-state index contributed by atoms with van der Waals surface area (Å²) in [5, 5.41) is 0. The molecule has 1 unspecified atom stereocenters. The first-order valence-electron chi connectivity index (χ1n) is 6.01. The van der Waals surface area contributed by atoms with E-state index >= 15 is 0 Å². The maximum absolute atomic E-state index is 12.6. The minimum absolute atomic E-state index is 0.136. The van der Waals surface area contributed by atoms with Crippen LogP contribution in [0.3, 0.4) is 0 Å². The maximum Gasteiger partial charge on any atom is 0.241 e. The zero-order chi connectivity index (χ0) is 16.5. The quantitative estimate of drug-likeness (QED) is 0.702. The van der Waals surface area contributed by atoms with Gasteiger partial charge in [-0.25, -0.2) is 8.42 Å². The third kappa shape index (κ3) is 4.29. The highest BCUT2D eigenvalue weighted by atomic mass is 35.6. The average Bonchev–Trinajstić information content (AvgIpc) is 2.81. The number of alkyl halides is 3. The standard InChI is InChI=1S/C13H11Cl4NO2S2/c1-8-4-2-3-5-10(8)22(19,20)18-12(13(15,16)17)9-6-7-11(14)21-9/h2-7,12,18H,1H3. The minimum Gasteiger partial charge on any atom is -0.207 e. The van der Waals surface area contributed by atoms with Gasteiger partial charge in [-0.2, -0.15) is 4.72 Å². The normalized spacial score (nSPS) is 14.0. The molecule has 0 fully saturated rings. The molecule has 0 aliphatic rings. The van der Waals surface area contributed by atoms with Gasteiger partial charge in [0.2, 0.25) is 13.8 Å². The van der Waals surface area contributed by atoms with Gasteiger partial charge in [0.15, 0.2) is 0 Å². The molecule has 0 saturated carbocycles. The van der Waals surface area contributed by atoms with Gasteiger partial charge in [-0.3, -0.25) is 0 Å². The Morgan fingerprint density at radius 1 is 1.14 bits per heavy atom. The second-order valence-corrected chi connectivity index (χ2v) is 10.3. The van der Waals surface area contributed by atoms with Crippen LogP contribution >= 0.6 is 57.7 Å². The van der Waals surface area contributed by atoms with Gasteiger partial charge in [0.05, 0.1) is 9.23 Å². The van der Waals surface area contributed by atoms with Crippen LogP contribution in [0.2, 0.25) is 4.34 Å². The lowest BCUT2D eigenvalue weighted by Gasteiger charge is -2.24. The van der Waals surface area contributed by atoms with Crippen molar-refractivity contribution in [1.29, 1.82) is 0 Å². The fourth-order valence-electron chi connectivity index (χ4n) is 1.85. The minimum atomic E-state index is -3.85. The molecule has 1 atom stereocenters. The molecule has 0 aliphatic heterocycles. The lowest BCUT2D eigenvalue weighted by atomic mass is 10.2. The molecular formula is C13H11Cl4NO2S2. The van der Waals surface area contributed by atoms with Crippen LogP contribution in [0.5, 0.6) is 0 Å². The third-order valence-electron chi connectivity index (χ3n) is 2.86. The Balaban J connectivity index is 2.42. The summed E-state index contributed by atoms with van der Waals surface area (Å²) in [6.07, 6.45) is 0. The Morgan fingerprint density at radius 2 is 1.77 bits per heavy atom. The van der Waals surface area contributed by atoms with Crippen molar-refractivity contribution in [3.63, 3.8) is 0 Å². The topological polar surface area (TPSA) is 46.2 Å². The molecule has 3 nitrogen and oxygen atoms in total. The molecule has 0 saturated heterocycles. The summed E-state index contributed by atoms with van der Waals surface area (Å²) in [6, 6.07) is 8.77. The Bertz CT molecular complexity index is 768. The molecule has 9 heteroatoms. The molecule has 0 bridgehead atoms. The molecule has 1 aromatic carbocycles. The molecule has 0 aliphatic carbocycles. The highest BCUT2D eigenvalue weighted by molar-refractivity contribution is 7.89. The average molecular weight is 419 g/mol. The van der Waals surface area contributed by atoms with Gasteiger partial charge in [-0.15, -0.1) is 11.3 Å². The molecule has 0 amide bonds. The molecule has 0 spiro atoms. The molecule has 2 aromatic rings. The van der Waals surface area contributed by atoms with E-state index < -0.39 is 19.9 Å². The summed E-state index contributed by atoms with van der Waals surface area (Å²) in [4.78, 5) is 0.652. The van der Waals surface area contributed by atoms with Crippen molar-refractivity contribution in [1.82, 2.24) is 4.72 Å². The molecule has 0 radical (unpaired) electrons. The summed E-state index contributed by atoms with van der Waals surface area (Å²) < 4.78 is 26.2. The van der Waals surface area contributed by atoms with Crippen LogP contribution in [-0.4, -0.2) is 12.2 Å². The molecule has 2 rings (SSSR count). The number of aryl methyl sites for hydroxylation is 1. The van der Waals surface area contributed by atoms with Crippen LogP contribution in [-0.2, 0) is 10.0 Å². The molecule has 120 valence electrons. The van der Waals surface area contributed by atoms with Gasteiger partial charge in [0, 0.05) is 4.88 Å². The van der Waals surface area contributed by atoms with Crippen molar-refractivity contribution in [2.45, 2.75) is 21.7 Å². The predicted molar refractivity (Wildman–Crippen MR) is 93.9 cm³/mol. The first-order chi connectivity index (χ1) is 10.1. The van der Waals surface area contributed by atoms with Crippen molar-refractivity contribution < 1.29 is 8.42 Å². The van der Waals surface area contributed by atoms with Gasteiger partial charge in [0.25, 0.3) is 0 Å². The summed E-state index contributed by atoms with van der Waals surface area (Å²) in [7, 11) is -3.85. The van der Waals surface area contributed by atoms with Crippen molar-refractivity contribution in [3.05, 3.63) is 51.2 Å². The van der Waals surface area contributed by atoms with E-state index in [0.29, 0.717) is 14.8 Å². The fourth-order valence-corrected chi connectivity index (χ4v) is 5.50. The maximum atomic E-state index is 12.6. The van der Waals surface area contributed by atoms with Crippen LogP contribution in [0.4, 0.5) is 0 Å². The summed E-state index contributed by atoms with van der Waals surface area (Å²) >= 11 is 24.9. The highest BCUT2D eigenvalue weighted by Crippen LogP contribution is 2.43. The van der Waals surface area contributed by atoms with E-state index in [9.17, 15) is 8.42 Å². The van der Waals surface area contributed by atoms with Crippen LogP contribution in [0.25, 0.3) is 0 Å². The smallest absolute Gasteiger partial charge is 0.207 e. The lowest BCUT2D eigenvalue weighted by Crippen LogP contribution is -2.36. The highest BCUT2D eigenvalue weighted by Gasteiger charge is 2.38. The Kier molecular flexibility index (Phi) is 5.71. The van der Waals surface area contributed by atoms with E-state index in [-0.39, 0.29) is 4.90 Å². The van der Waals surface area contributed by atoms with Crippen molar-refractivity contribution in [3.8, 4) is 0 Å². The van der Waals surface area contributed by atoms with Gasteiger partial charge in [-0.1, -0.05) is 64.6 Å². The van der Waals surface area contributed by atoms with E-state index in [2.05, 4.69) is 4.72 Å². The summed E-state index contributed by atoms with van der Waals surface area (Å²) in [5.41, 5.74) is 0.599. The fraction of sp³-hybridized carbons (Fsp3) is 0.231. The van der Waals surface area contributed by atoms with E-state index in [1.165, 1.54) is 6.07 Å². The monoisotopic (exact) mass is 417 g/mol. The van der Waals surface area contributed by atoms with Crippen LogP contribution < -0.4 is 4.72 Å². The Hall–Kier alpha value is -0.01000. The van der Waals surface area contributed by atoms with Crippen molar-refractivity contribution in [2.24, 2.45) is 0 Å². The van der Waals surface area contributed by atoms with Crippen LogP contribution in [0.15, 0.2) is 41.3 Å². The van der Waals surface area contributed by atoms with Gasteiger partial charge in [-0.05, 0) is 30.7 Å². The van der Waals surface area contributed by atoms with Crippen LogP contribution in [0.1, 0.15) is 16.5 Å². The molecule has 1 aromatic heterocycles. The SMILES string of the molecule is Cc1ccccc1S(=O)(=O)NC(c1ccc(Cl)s1)C(Cl)(Cl)Cl. The van der Waals surface area contributed by atoms with Crippen LogP contribution in [0, 0.1) is 6.92 Å². The first-order valence-corrected chi connectivity index (χ1v) is 9.82. The number of sulfonamides is 1. The van der Waals surface area contributed by atoms with Crippen molar-refractivity contribution >= 4 is 67.8 Å². The van der Waals surface area contributed by atoms with E-state index in [1.807, 2.05) is 0 Å². The van der Waals surface area contributed by atoms with E-state index in [4.69, 9.17) is 46.4 Å². The largest absolute Gasteiger partial charge is 0.241 e. The summed E-state index contributed by atoms with van der Waals surface area (Å²) in [6.45, 7) is 1.70. The van der Waals surface area contributed by atoms with Crippen molar-refractivity contribution in [2.75, 3.05) is 0 Å². The zero-order valence-electron chi connectivity index (χ0n) is 11.2. The summed E-state index contributed by atoms with van der Waals surface area (Å²) in [5.74, 6) is 0. The number of thiophene rings is 1. The Morgan fingerprint density at radius 3 is 2.27 bits per heavy atom. The number of benzene rings is 1. The molecular weight excluding hydrogens is 408 g/mol. The van der Waals surface area contributed by atoms with Gasteiger partial charge in [0.1, 0.15) is 6.04 Å². The molecule has 22 heavy (non-hydrogen) atoms. The van der Waals surface area contributed by atoms with Gasteiger partial charge >= 0.3 is 0 Å². The first kappa shape index (κ1) is 18.3. The number of hydrogen-bond donors (Lipinski definition) is 1. The zero-order valence-corrected chi connectivity index (χ0v) is 15.8. The molecule has 1 N–H and O–H groups in total. The number of hydrogen-bond acceptors (Lipinski definition) is 3. The molecule has 1 heterocycles. The lowest BCUT2D eigenvalue weighted by molar-refractivity contribution is 0.560. The second kappa shape index (κ2) is 6.85. The second-order valence-electron chi connectivity index (χ2n) is 4.50.